The van der Waals surface area contributed by atoms with Gasteiger partial charge in [0.05, 0.1) is 35.6 Å². The van der Waals surface area contributed by atoms with Gasteiger partial charge < -0.3 is 25.8 Å². The van der Waals surface area contributed by atoms with Crippen molar-refractivity contribution in [3.05, 3.63) is 93.5 Å². The summed E-state index contributed by atoms with van der Waals surface area (Å²) in [5.74, 6) is -2.65. The number of thiol groups is 1. The molecule has 11 nitrogen and oxygen atoms in total. The van der Waals surface area contributed by atoms with Crippen LogP contribution in [0.25, 0.3) is 0 Å². The van der Waals surface area contributed by atoms with E-state index in [-0.39, 0.29) is 47.4 Å². The second kappa shape index (κ2) is 15.4. The Kier molecular flexibility index (Phi) is 11.8. The number of methoxy groups -OCH3 is 1. The van der Waals surface area contributed by atoms with E-state index in [1.807, 2.05) is 44.2 Å². The number of amides is 4. The molecule has 4 N–H and O–H groups in total. The Morgan fingerprint density at radius 1 is 1.08 bits per heavy atom. The summed E-state index contributed by atoms with van der Waals surface area (Å²) in [6.45, 7) is 5.47. The number of hydrogen-bond donors (Lipinski definition) is 4. The maximum Gasteiger partial charge on any atom is 0.346 e. The van der Waals surface area contributed by atoms with E-state index in [0.717, 1.165) is 11.1 Å². The Hall–Kier alpha value is -4.13. The van der Waals surface area contributed by atoms with Crippen molar-refractivity contribution in [3.63, 3.8) is 0 Å². The molecule has 256 valence electrons. The number of aromatic carboxylic acids is 1. The molecule has 1 aliphatic heterocycles. The molecule has 4 amide bonds. The fourth-order valence-corrected chi connectivity index (χ4v) is 7.86. The first-order valence-electron chi connectivity index (χ1n) is 15.1. The Morgan fingerprint density at radius 2 is 1.77 bits per heavy atom. The van der Waals surface area contributed by atoms with Crippen molar-refractivity contribution in [1.82, 2.24) is 4.90 Å². The fourth-order valence-electron chi connectivity index (χ4n) is 6.32. The third kappa shape index (κ3) is 8.47. The Balaban J connectivity index is 1.85. The first-order valence-corrected chi connectivity index (χ1v) is 17.3. The highest BCUT2D eigenvalue weighted by molar-refractivity contribution is 7.75. The molecule has 0 spiro atoms. The summed E-state index contributed by atoms with van der Waals surface area (Å²) in [6, 6.07) is 16.1. The summed E-state index contributed by atoms with van der Waals surface area (Å²) < 4.78 is 21.9. The van der Waals surface area contributed by atoms with Crippen LogP contribution in [0, 0.1) is 11.3 Å². The number of likely N-dealkylation sites (tertiary alicyclic amines) is 1. The van der Waals surface area contributed by atoms with Crippen LogP contribution in [0.4, 0.5) is 10.5 Å². The number of nitrogens with two attached hydrogens (primary N) is 1. The zero-order valence-electron chi connectivity index (χ0n) is 26.9. The molecule has 4 rings (SSSR count). The number of piperidine rings is 1. The number of halogens is 2. The molecule has 14 heteroatoms. The number of carbonyl (C=O) groups excluding carboxylic acids is 3. The van der Waals surface area contributed by atoms with Crippen LogP contribution < -0.4 is 15.8 Å². The van der Waals surface area contributed by atoms with Gasteiger partial charge in [-0.15, -0.1) is 4.36 Å². The number of carboxylic acids is 1. The van der Waals surface area contributed by atoms with Crippen molar-refractivity contribution >= 4 is 63.3 Å². The number of primary amides is 1. The van der Waals surface area contributed by atoms with E-state index in [0.29, 0.717) is 10.0 Å². The predicted octanol–water partition coefficient (Wildman–Crippen LogP) is 6.56. The van der Waals surface area contributed by atoms with Gasteiger partial charge in [0.25, 0.3) is 0 Å². The van der Waals surface area contributed by atoms with Crippen molar-refractivity contribution in [2.45, 2.75) is 51.6 Å². The summed E-state index contributed by atoms with van der Waals surface area (Å²) in [5.41, 5.74) is 5.75. The lowest BCUT2D eigenvalue weighted by molar-refractivity contribution is -0.157. The van der Waals surface area contributed by atoms with Crippen molar-refractivity contribution in [1.29, 1.82) is 0 Å². The topological polar surface area (TPSA) is 168 Å². The van der Waals surface area contributed by atoms with Crippen LogP contribution in [0.3, 0.4) is 0 Å². The summed E-state index contributed by atoms with van der Waals surface area (Å²) in [5, 5.41) is 13.1. The van der Waals surface area contributed by atoms with Crippen molar-refractivity contribution in [2.75, 3.05) is 18.2 Å². The zero-order chi connectivity index (χ0) is 35.3. The molecule has 5 atom stereocenters. The average Bonchev–Trinajstić information content (AvgIpc) is 3.01. The molecule has 1 saturated heterocycles. The van der Waals surface area contributed by atoms with Gasteiger partial charge in [0.1, 0.15) is 5.75 Å². The highest BCUT2D eigenvalue weighted by Gasteiger charge is 2.53. The van der Waals surface area contributed by atoms with Gasteiger partial charge in [-0.1, -0.05) is 68.2 Å². The van der Waals surface area contributed by atoms with Crippen LogP contribution in [0.2, 0.25) is 10.0 Å². The quantitative estimate of drug-likeness (QED) is 0.163. The van der Waals surface area contributed by atoms with Crippen LogP contribution in [-0.2, 0) is 20.2 Å². The number of hydrogen-bond acceptors (Lipinski definition) is 6. The number of rotatable bonds is 11. The van der Waals surface area contributed by atoms with Crippen molar-refractivity contribution in [2.24, 2.45) is 21.4 Å². The number of nitrogens with one attached hydrogen (secondary N) is 1. The minimum absolute atomic E-state index is 0.0198. The maximum absolute atomic E-state index is 14.9. The van der Waals surface area contributed by atoms with Crippen LogP contribution in [0.1, 0.15) is 67.1 Å². The van der Waals surface area contributed by atoms with E-state index in [2.05, 4.69) is 9.68 Å². The maximum atomic E-state index is 14.9. The van der Waals surface area contributed by atoms with Gasteiger partial charge in [-0.05, 0) is 65.9 Å². The number of ether oxygens (including phenoxy) is 1. The number of carboxylic acid groups (broad SMARTS) is 1. The molecular formula is C34H38Cl2N4O7S. The molecule has 1 aliphatic rings. The Labute approximate surface area is 290 Å². The second-order valence-corrected chi connectivity index (χ2v) is 14.5. The number of benzene rings is 3. The smallest absolute Gasteiger partial charge is 0.346 e. The van der Waals surface area contributed by atoms with Gasteiger partial charge in [0.15, 0.2) is 0 Å². The first kappa shape index (κ1) is 36.7. The van der Waals surface area contributed by atoms with E-state index in [1.165, 1.54) is 25.3 Å². The third-order valence-corrected chi connectivity index (χ3v) is 10.1. The van der Waals surface area contributed by atoms with Gasteiger partial charge >= 0.3 is 12.0 Å². The largest absolute Gasteiger partial charge is 0.495 e. The molecule has 3 aromatic carbocycles. The fraction of sp³-hybridized carbons (Fsp3) is 0.353. The first-order chi connectivity index (χ1) is 22.6. The van der Waals surface area contributed by atoms with E-state index in [1.54, 1.807) is 30.0 Å². The second-order valence-electron chi connectivity index (χ2n) is 12.4. The summed E-state index contributed by atoms with van der Waals surface area (Å²) >= 11 is 12.7. The lowest BCUT2D eigenvalue weighted by atomic mass is 9.66. The summed E-state index contributed by atoms with van der Waals surface area (Å²) in [4.78, 5) is 53.3. The molecule has 0 aromatic heterocycles. The van der Waals surface area contributed by atoms with Crippen LogP contribution in [0.5, 0.6) is 5.75 Å². The van der Waals surface area contributed by atoms with Crippen LogP contribution in [-0.4, -0.2) is 56.9 Å². The molecule has 0 aliphatic carbocycles. The number of carbonyl (C=O) groups is 4. The average molecular weight is 718 g/mol. The number of anilines is 1. The van der Waals surface area contributed by atoms with Gasteiger partial charge in [-0.2, -0.15) is 0 Å². The SMILES string of the molecule is COc1cc(C(=O)O)ccc1NC(=O)C[C@@]1(C)C[C@H](c2cccc(Cl)c2)[C@@H](c2ccc(Cl)cc2)N(C(C[SH](=O)=NC(N)=O)C(C)C)C1=O. The minimum atomic E-state index is -2.47. The molecule has 0 bridgehead atoms. The Morgan fingerprint density at radius 3 is 2.35 bits per heavy atom. The van der Waals surface area contributed by atoms with Gasteiger partial charge in [0, 0.05) is 39.0 Å². The van der Waals surface area contributed by atoms with Gasteiger partial charge in [0.2, 0.25) is 11.8 Å². The van der Waals surface area contributed by atoms with Crippen LogP contribution in [0.15, 0.2) is 71.1 Å². The van der Waals surface area contributed by atoms with Crippen molar-refractivity contribution < 1.29 is 33.2 Å². The van der Waals surface area contributed by atoms with E-state index < -0.39 is 51.9 Å². The lowest BCUT2D eigenvalue weighted by Crippen LogP contribution is -2.58. The van der Waals surface area contributed by atoms with E-state index in [4.69, 9.17) is 33.7 Å². The Bertz CT molecular complexity index is 1800. The zero-order valence-corrected chi connectivity index (χ0v) is 29.3. The lowest BCUT2D eigenvalue weighted by Gasteiger charge is -2.52. The number of nitrogens with zero attached hydrogens (tertiary/aromatic N) is 2. The molecule has 1 heterocycles. The van der Waals surface area contributed by atoms with E-state index in [9.17, 15) is 28.5 Å². The molecule has 3 aromatic rings. The molecular weight excluding hydrogens is 679 g/mol. The van der Waals surface area contributed by atoms with E-state index >= 15 is 0 Å². The molecule has 1 fully saturated rings. The predicted molar refractivity (Wildman–Crippen MR) is 186 cm³/mol. The third-order valence-electron chi connectivity index (χ3n) is 8.54. The van der Waals surface area contributed by atoms with Crippen molar-refractivity contribution in [3.8, 4) is 5.75 Å². The highest BCUT2D eigenvalue weighted by Crippen LogP contribution is 2.52. The monoisotopic (exact) mass is 716 g/mol. The normalized spacial score (nSPS) is 20.7. The van der Waals surface area contributed by atoms with Gasteiger partial charge in [-0.3, -0.25) is 13.8 Å². The van der Waals surface area contributed by atoms with Crippen LogP contribution >= 0.6 is 23.2 Å². The summed E-state index contributed by atoms with van der Waals surface area (Å²) in [6.07, 6.45) is -0.0136. The van der Waals surface area contributed by atoms with Gasteiger partial charge in [-0.25, -0.2) is 9.59 Å². The molecule has 48 heavy (non-hydrogen) atoms. The number of urea groups is 1. The standard InChI is InChI=1S/C34H38Cl2N4O7S/c1-19(2)27(18-48(46)39-33(37)45)40-30(20-8-11-23(35)12-9-20)25(21-6-5-7-24(36)14-21)16-34(3,32(40)44)17-29(41)38-26-13-10-22(31(42)43)15-28(26)47-4/h5-15,19,25,27,30,48H,16-18H2,1-4H3,(H2,37,45)(H,38,41)(H,42,43)/t25-,27?,30-,34-/m1/s1. The summed E-state index contributed by atoms with van der Waals surface area (Å²) in [7, 11) is -1.11. The molecule has 2 unspecified atom stereocenters. The highest BCUT2D eigenvalue weighted by atomic mass is 35.5. The molecule has 0 radical (unpaired) electrons. The minimum Gasteiger partial charge on any atom is -0.495 e. The molecule has 0 saturated carbocycles.